The topological polar surface area (TPSA) is 37.1 Å². The maximum absolute atomic E-state index is 5.24. The molecule has 0 atom stereocenters. The van der Waals surface area contributed by atoms with E-state index in [1.165, 1.54) is 38.0 Å². The summed E-state index contributed by atoms with van der Waals surface area (Å²) in [5, 5.41) is 11.1. The summed E-state index contributed by atoms with van der Waals surface area (Å²) in [5.41, 5.74) is 11.2. The van der Waals surface area contributed by atoms with E-state index in [1.807, 2.05) is 22.4 Å². The number of fused-ring (bicyclic) bond motifs is 4. The Morgan fingerprint density at radius 3 is 1.76 bits per heavy atom. The van der Waals surface area contributed by atoms with Gasteiger partial charge in [0, 0.05) is 38.5 Å². The van der Waals surface area contributed by atoms with Gasteiger partial charge in [0.05, 0.1) is 0 Å². The van der Waals surface area contributed by atoms with E-state index in [-0.39, 0.29) is 21.1 Å². The average molecular weight is 1050 g/mol. The predicted octanol–water partition coefficient (Wildman–Crippen LogP) is 12.2. The third kappa shape index (κ3) is 7.21. The van der Waals surface area contributed by atoms with Crippen LogP contribution in [0.5, 0.6) is 0 Å². The van der Waals surface area contributed by atoms with Crippen molar-refractivity contribution in [2.75, 3.05) is 10.1 Å². The zero-order chi connectivity index (χ0) is 44.1. The molecular formula is C59H49N4OPtSi-. The molecule has 0 spiro atoms. The largest absolute Gasteiger partial charge is 0.319 e. The maximum atomic E-state index is 5.24. The third-order valence-corrected chi connectivity index (χ3v) is 17.6. The molecule has 0 saturated carbocycles. The van der Waals surface area contributed by atoms with E-state index in [9.17, 15) is 0 Å². The summed E-state index contributed by atoms with van der Waals surface area (Å²) < 4.78 is 2.33. The second kappa shape index (κ2) is 17.9. The minimum absolute atomic E-state index is 0. The van der Waals surface area contributed by atoms with Crippen LogP contribution in [-0.2, 0) is 21.1 Å². The summed E-state index contributed by atoms with van der Waals surface area (Å²) in [6.07, 6.45) is 1.98. The van der Waals surface area contributed by atoms with E-state index < -0.39 is 8.07 Å². The van der Waals surface area contributed by atoms with Gasteiger partial charge in [-0.25, -0.2) is 4.98 Å². The summed E-state index contributed by atoms with van der Waals surface area (Å²) in [6, 6.07) is 80.2. The number of hydrogen-bond donors (Lipinski definition) is 0. The van der Waals surface area contributed by atoms with E-state index in [0.717, 1.165) is 55.4 Å². The van der Waals surface area contributed by atoms with Gasteiger partial charge in [-0.05, 0) is 92.3 Å². The van der Waals surface area contributed by atoms with Crippen molar-refractivity contribution in [3.8, 4) is 16.9 Å². The number of aromatic nitrogens is 2. The Labute approximate surface area is 402 Å². The van der Waals surface area contributed by atoms with Gasteiger partial charge in [0.1, 0.15) is 31.0 Å². The molecule has 0 amide bonds. The van der Waals surface area contributed by atoms with Crippen LogP contribution in [0.2, 0.25) is 0 Å². The van der Waals surface area contributed by atoms with Gasteiger partial charge < -0.3 is 4.57 Å². The Bertz CT molecular complexity index is 3270. The fraction of sp³-hybridized carbons (Fsp3) is 0.102. The first-order chi connectivity index (χ1) is 31.9. The van der Waals surface area contributed by atoms with Crippen molar-refractivity contribution in [3.05, 3.63) is 230 Å². The smallest absolute Gasteiger partial charge is 0.148 e. The van der Waals surface area contributed by atoms with Gasteiger partial charge in [-0.2, -0.15) is 51.7 Å². The van der Waals surface area contributed by atoms with Crippen LogP contribution in [0.15, 0.2) is 206 Å². The van der Waals surface area contributed by atoms with Crippen LogP contribution in [0.1, 0.15) is 50.7 Å². The van der Waals surface area contributed by atoms with Crippen LogP contribution in [0, 0.1) is 12.1 Å². The van der Waals surface area contributed by atoms with Gasteiger partial charge in [-0.3, -0.25) is 0 Å². The summed E-state index contributed by atoms with van der Waals surface area (Å²) >= 11 is 0. The standard InChI is InChI=1S/C59H48N4OSi.Pt/c1-41(2)50-29-19-30-51(42(3)4)59(50)43-36-37-60-58(38-43)61-54-31-15-14-28-52(54)53-35-34-49(40-57(53)61)65(46-23-10-6-11-24-46,47-25-12-7-13-26-47)48-27-18-22-45(39-48)63-56-33-17-16-32-55(56)62(64-63)44-20-8-5-9-21-44;/h5-38,41-42H,1-4H3;/q-2;/p+1. The average Bonchev–Trinajstić information content (AvgIpc) is 3.91. The molecule has 7 heteroatoms. The van der Waals surface area contributed by atoms with Gasteiger partial charge in [-0.1, -0.05) is 166 Å². The molecular weight excluding hydrogens is 1000 g/mol. The number of nitrogens with zero attached hydrogens (tertiary/aromatic N) is 4. The van der Waals surface area contributed by atoms with Gasteiger partial charge in [-0.15, -0.1) is 16.5 Å². The number of rotatable bonds is 10. The molecule has 0 bridgehead atoms. The van der Waals surface area contributed by atoms with Crippen molar-refractivity contribution >= 4 is 73.4 Å². The van der Waals surface area contributed by atoms with Crippen molar-refractivity contribution < 1.29 is 26.0 Å². The molecule has 1 aliphatic heterocycles. The minimum Gasteiger partial charge on any atom is -0.319 e. The molecule has 10 aromatic rings. The molecule has 0 saturated heterocycles. The molecule has 0 unspecified atom stereocenters. The second-order valence-electron chi connectivity index (χ2n) is 17.5. The van der Waals surface area contributed by atoms with E-state index in [1.54, 1.807) is 0 Å². The summed E-state index contributed by atoms with van der Waals surface area (Å²) in [4.78, 5) is 10.4. The molecule has 2 aromatic heterocycles. The Morgan fingerprint density at radius 2 is 1.09 bits per heavy atom. The van der Waals surface area contributed by atoms with Crippen LogP contribution in [-0.4, -0.2) is 22.6 Å². The number of benzene rings is 8. The first-order valence-corrected chi connectivity index (χ1v) is 24.6. The zero-order valence-electron chi connectivity index (χ0n) is 37.3. The Kier molecular flexibility index (Phi) is 11.7. The minimum atomic E-state index is -3.18. The molecule has 8 aromatic carbocycles. The van der Waals surface area contributed by atoms with Gasteiger partial charge >= 0.3 is 0 Å². The van der Waals surface area contributed by atoms with Gasteiger partial charge in [0.25, 0.3) is 0 Å². The Balaban J connectivity index is 0.00000511. The fourth-order valence-electron chi connectivity index (χ4n) is 9.99. The molecule has 0 radical (unpaired) electrons. The Morgan fingerprint density at radius 1 is 0.515 bits per heavy atom. The SMILES string of the molecule is CC(C)c1cccc(C(C)C)c1-c1ccnc(-n2c3[c-]c([Si](c4[c-]c(N5[OH+]N(c6ccccc6)c6ccccc65)ccc4)(c4ccccc4)c4ccccc4)ccc3c3ccccc32)c1.[Pt]. The predicted molar refractivity (Wildman–Crippen MR) is 272 cm³/mol. The van der Waals surface area contributed by atoms with E-state index in [4.69, 9.17) is 9.92 Å². The molecule has 326 valence electrons. The molecule has 5 nitrogen and oxygen atoms in total. The molecule has 1 N–H and O–H groups in total. The number of para-hydroxylation sites is 4. The summed E-state index contributed by atoms with van der Waals surface area (Å²) in [5.74, 6) is 1.60. The fourth-order valence-corrected chi connectivity index (χ4v) is 14.5. The van der Waals surface area contributed by atoms with Crippen LogP contribution >= 0.6 is 0 Å². The zero-order valence-corrected chi connectivity index (χ0v) is 40.6. The number of hydrogen-bond acceptors (Lipinski definition) is 3. The van der Waals surface area contributed by atoms with Gasteiger partial charge in [0.15, 0.2) is 0 Å². The second-order valence-corrected chi connectivity index (χ2v) is 21.2. The summed E-state index contributed by atoms with van der Waals surface area (Å²) in [6.45, 7) is 9.15. The Hall–Kier alpha value is -6.82. The monoisotopic (exact) mass is 1050 g/mol. The van der Waals surface area contributed by atoms with Crippen LogP contribution in [0.4, 0.5) is 22.7 Å². The first-order valence-electron chi connectivity index (χ1n) is 22.6. The maximum Gasteiger partial charge on any atom is 0.148 e. The molecule has 66 heavy (non-hydrogen) atoms. The van der Waals surface area contributed by atoms with Crippen molar-refractivity contribution in [2.45, 2.75) is 39.5 Å². The van der Waals surface area contributed by atoms with Crippen molar-refractivity contribution in [2.24, 2.45) is 0 Å². The molecule has 0 aliphatic carbocycles. The van der Waals surface area contributed by atoms with E-state index in [2.05, 4.69) is 239 Å². The van der Waals surface area contributed by atoms with E-state index in [0.29, 0.717) is 11.8 Å². The summed E-state index contributed by atoms with van der Waals surface area (Å²) in [7, 11) is -3.18. The first kappa shape index (κ1) is 43.1. The quantitative estimate of drug-likeness (QED) is 0.0593. The van der Waals surface area contributed by atoms with Crippen molar-refractivity contribution in [3.63, 3.8) is 0 Å². The molecule has 3 heterocycles. The molecule has 1 aliphatic rings. The van der Waals surface area contributed by atoms with Gasteiger partial charge in [0.2, 0.25) is 0 Å². The van der Waals surface area contributed by atoms with Crippen LogP contribution < -0.4 is 30.9 Å². The molecule has 11 rings (SSSR count). The normalized spacial score (nSPS) is 12.6. The van der Waals surface area contributed by atoms with Crippen molar-refractivity contribution in [1.82, 2.24) is 9.55 Å². The number of anilines is 4. The molecule has 0 fully saturated rings. The van der Waals surface area contributed by atoms with Crippen LogP contribution in [0.25, 0.3) is 38.8 Å². The van der Waals surface area contributed by atoms with E-state index >= 15 is 0 Å². The number of pyridine rings is 1. The van der Waals surface area contributed by atoms with Crippen molar-refractivity contribution in [1.29, 1.82) is 0 Å². The van der Waals surface area contributed by atoms with Crippen LogP contribution in [0.3, 0.4) is 0 Å². The third-order valence-electron chi connectivity index (χ3n) is 13.0.